The predicted octanol–water partition coefficient (Wildman–Crippen LogP) is 3.62. The maximum Gasteiger partial charge on any atom is 0.257 e. The van der Waals surface area contributed by atoms with E-state index in [0.717, 1.165) is 22.6 Å². The second kappa shape index (κ2) is 17.0. The van der Waals surface area contributed by atoms with Crippen LogP contribution >= 0.6 is 11.8 Å². The number of pyridine rings is 3. The average molecular weight is 629 g/mol. The lowest BCUT2D eigenvalue weighted by Crippen LogP contribution is -2.49. The maximum atomic E-state index is 12.9. The first-order chi connectivity index (χ1) is 21.8. The van der Waals surface area contributed by atoms with Gasteiger partial charge in [0.25, 0.3) is 5.91 Å². The molecule has 1 aromatic carbocycles. The van der Waals surface area contributed by atoms with Crippen LogP contribution in [0.2, 0.25) is 0 Å². The number of carbonyl (C=O) groups is 3. The minimum atomic E-state index is -0.691. The highest BCUT2D eigenvalue weighted by Crippen LogP contribution is 2.14. The summed E-state index contributed by atoms with van der Waals surface area (Å²) >= 11 is 5.45. The Morgan fingerprint density at radius 3 is 1.91 bits per heavy atom. The molecule has 0 saturated heterocycles. The van der Waals surface area contributed by atoms with Crippen LogP contribution in [0.1, 0.15) is 46.9 Å². The Hall–Kier alpha value is -4.71. The number of anilines is 1. The fourth-order valence-electron chi connectivity index (χ4n) is 4.39. The number of benzene rings is 1. The molecule has 45 heavy (non-hydrogen) atoms. The topological polar surface area (TPSA) is 141 Å². The minimum Gasteiger partial charge on any atom is -0.354 e. The molecule has 3 aromatic heterocycles. The summed E-state index contributed by atoms with van der Waals surface area (Å²) in [6, 6.07) is 21.4. The van der Waals surface area contributed by atoms with Crippen molar-refractivity contribution >= 4 is 35.2 Å². The second-order valence-electron chi connectivity index (χ2n) is 10.6. The molecule has 3 amide bonds. The smallest absolute Gasteiger partial charge is 0.257 e. The molecular formula is C33H37ClN8O3. The van der Waals surface area contributed by atoms with Gasteiger partial charge in [-0.25, -0.2) is 4.84 Å². The van der Waals surface area contributed by atoms with Crippen molar-refractivity contribution in [1.82, 2.24) is 35.3 Å². The first-order valence-corrected chi connectivity index (χ1v) is 15.0. The Morgan fingerprint density at radius 2 is 1.38 bits per heavy atom. The highest BCUT2D eigenvalue weighted by molar-refractivity contribution is 6.15. The van der Waals surface area contributed by atoms with Gasteiger partial charge in [-0.3, -0.25) is 34.2 Å². The van der Waals surface area contributed by atoms with Crippen LogP contribution in [0.5, 0.6) is 0 Å². The molecule has 4 N–H and O–H groups in total. The molecule has 0 aliphatic heterocycles. The molecule has 0 aliphatic carbocycles. The van der Waals surface area contributed by atoms with Gasteiger partial charge in [0.15, 0.2) is 0 Å². The second-order valence-corrected chi connectivity index (χ2v) is 10.8. The summed E-state index contributed by atoms with van der Waals surface area (Å²) in [5.41, 5.74) is 4.80. The van der Waals surface area contributed by atoms with Gasteiger partial charge in [0.05, 0.1) is 28.7 Å². The number of halogens is 1. The zero-order valence-corrected chi connectivity index (χ0v) is 26.0. The number of amides is 3. The van der Waals surface area contributed by atoms with Gasteiger partial charge >= 0.3 is 0 Å². The molecule has 234 valence electrons. The number of aromatic nitrogens is 3. The lowest BCUT2D eigenvalue weighted by molar-refractivity contribution is -0.129. The van der Waals surface area contributed by atoms with Crippen LogP contribution in [0, 0.1) is 0 Å². The maximum absolute atomic E-state index is 12.9. The van der Waals surface area contributed by atoms with Crippen LogP contribution in [0.3, 0.4) is 0 Å². The fourth-order valence-corrected chi connectivity index (χ4v) is 4.48. The number of hydrogen-bond donors (Lipinski definition) is 4. The summed E-state index contributed by atoms with van der Waals surface area (Å²) in [6.45, 7) is 5.43. The third-order valence-corrected chi connectivity index (χ3v) is 7.26. The molecule has 0 unspecified atom stereocenters. The van der Waals surface area contributed by atoms with E-state index in [9.17, 15) is 14.4 Å². The minimum absolute atomic E-state index is 0.261. The average Bonchev–Trinajstić information content (AvgIpc) is 3.06. The molecular weight excluding hydrogens is 592 g/mol. The molecule has 12 heteroatoms. The molecule has 4 rings (SSSR count). The third kappa shape index (κ3) is 10.8. The first kappa shape index (κ1) is 33.2. The summed E-state index contributed by atoms with van der Waals surface area (Å²) in [5, 5.41) is 8.31. The quantitative estimate of drug-likeness (QED) is 0.146. The molecule has 3 heterocycles. The van der Waals surface area contributed by atoms with Crippen molar-refractivity contribution in [3.63, 3.8) is 0 Å². The van der Waals surface area contributed by atoms with Crippen molar-refractivity contribution in [3.8, 4) is 0 Å². The van der Waals surface area contributed by atoms with E-state index < -0.39 is 12.1 Å². The van der Waals surface area contributed by atoms with Gasteiger partial charge in [0.2, 0.25) is 11.8 Å². The predicted molar refractivity (Wildman–Crippen MR) is 173 cm³/mol. The van der Waals surface area contributed by atoms with Crippen LogP contribution in [-0.2, 0) is 35.6 Å². The van der Waals surface area contributed by atoms with E-state index in [1.54, 1.807) is 38.5 Å². The molecule has 0 bridgehead atoms. The summed E-state index contributed by atoms with van der Waals surface area (Å²) in [6.07, 6.45) is 5.73. The van der Waals surface area contributed by atoms with Crippen molar-refractivity contribution in [2.24, 2.45) is 0 Å². The SMILES string of the molecule is C[C@@H](NCl)C(=O)N[C@H](C)C(=O)NCCc1ccc(NC(=O)c2ccc(CN(Cc3ccccn3)Cc3ccccn3)nc2)cc1. The molecule has 2 atom stereocenters. The fraction of sp³-hybridized carbons (Fsp3) is 0.273. The number of nitrogens with one attached hydrogen (secondary N) is 4. The van der Waals surface area contributed by atoms with Crippen molar-refractivity contribution < 1.29 is 14.4 Å². The first-order valence-electron chi connectivity index (χ1n) is 14.6. The monoisotopic (exact) mass is 628 g/mol. The number of nitrogens with zero attached hydrogens (tertiary/aromatic N) is 4. The standard InChI is InChI=1S/C33H37ClN8O3/c1-23(39-32(44)24(2)41-34)31(43)37-18-15-25-9-12-27(13-10-25)40-33(45)26-11-14-30(38-19-26)22-42(20-28-7-3-5-16-35-28)21-29-8-4-6-17-36-29/h3-14,16-17,19,23-24,41H,15,18,20-22H2,1-2H3,(H,37,43)(H,39,44)(H,40,45)/t23-,24-/m1/s1. The van der Waals surface area contributed by atoms with E-state index in [-0.39, 0.29) is 17.7 Å². The molecule has 0 radical (unpaired) electrons. The molecule has 0 aliphatic rings. The van der Waals surface area contributed by atoms with E-state index >= 15 is 0 Å². The number of rotatable bonds is 15. The number of hydrogen-bond acceptors (Lipinski definition) is 8. The van der Waals surface area contributed by atoms with Gasteiger partial charge < -0.3 is 16.0 Å². The van der Waals surface area contributed by atoms with E-state index in [0.29, 0.717) is 43.9 Å². The Labute approximate surface area is 267 Å². The lowest BCUT2D eigenvalue weighted by atomic mass is 10.1. The zero-order chi connectivity index (χ0) is 32.0. The van der Waals surface area contributed by atoms with Crippen molar-refractivity contribution in [2.45, 2.75) is 52.0 Å². The summed E-state index contributed by atoms with van der Waals surface area (Å²) in [5.74, 6) is -0.915. The van der Waals surface area contributed by atoms with Gasteiger partial charge in [0, 0.05) is 50.5 Å². The van der Waals surface area contributed by atoms with E-state index in [4.69, 9.17) is 11.8 Å². The van der Waals surface area contributed by atoms with Crippen LogP contribution in [-0.4, -0.2) is 56.2 Å². The molecule has 0 fully saturated rings. The van der Waals surface area contributed by atoms with Crippen LogP contribution in [0.15, 0.2) is 91.4 Å². The van der Waals surface area contributed by atoms with Crippen molar-refractivity contribution in [1.29, 1.82) is 0 Å². The van der Waals surface area contributed by atoms with Gasteiger partial charge in [0.1, 0.15) is 6.04 Å². The molecule has 4 aromatic rings. The molecule has 0 spiro atoms. The normalized spacial score (nSPS) is 12.3. The summed E-state index contributed by atoms with van der Waals surface area (Å²) in [4.78, 5) is 55.0. The highest BCUT2D eigenvalue weighted by atomic mass is 35.5. The largest absolute Gasteiger partial charge is 0.354 e. The molecule has 11 nitrogen and oxygen atoms in total. The zero-order valence-electron chi connectivity index (χ0n) is 25.2. The van der Waals surface area contributed by atoms with Crippen LogP contribution in [0.4, 0.5) is 5.69 Å². The van der Waals surface area contributed by atoms with Crippen molar-refractivity contribution in [3.05, 3.63) is 120 Å². The van der Waals surface area contributed by atoms with E-state index in [2.05, 4.69) is 40.6 Å². The summed E-state index contributed by atoms with van der Waals surface area (Å²) in [7, 11) is 0. The van der Waals surface area contributed by atoms with Crippen molar-refractivity contribution in [2.75, 3.05) is 11.9 Å². The summed E-state index contributed by atoms with van der Waals surface area (Å²) < 4.78 is 0. The van der Waals surface area contributed by atoms with Crippen LogP contribution in [0.25, 0.3) is 0 Å². The lowest BCUT2D eigenvalue weighted by Gasteiger charge is -2.21. The van der Waals surface area contributed by atoms with Gasteiger partial charge in [-0.15, -0.1) is 0 Å². The Balaban J connectivity index is 1.26. The van der Waals surface area contributed by atoms with Crippen LogP contribution < -0.4 is 20.8 Å². The van der Waals surface area contributed by atoms with E-state index in [1.165, 1.54) is 0 Å². The molecule has 0 saturated carbocycles. The Morgan fingerprint density at radius 1 is 0.756 bits per heavy atom. The Kier molecular flexibility index (Phi) is 12.5. The van der Waals surface area contributed by atoms with Gasteiger partial charge in [-0.05, 0) is 86.1 Å². The van der Waals surface area contributed by atoms with E-state index in [1.807, 2.05) is 66.7 Å². The van der Waals surface area contributed by atoms with Gasteiger partial charge in [-0.2, -0.15) is 0 Å². The third-order valence-electron chi connectivity index (χ3n) is 6.93. The van der Waals surface area contributed by atoms with Gasteiger partial charge in [-0.1, -0.05) is 24.3 Å². The Bertz CT molecular complexity index is 1480. The highest BCUT2D eigenvalue weighted by Gasteiger charge is 2.19. The number of carbonyl (C=O) groups excluding carboxylic acids is 3.